The lowest BCUT2D eigenvalue weighted by Gasteiger charge is -2.32. The fraction of sp³-hybridized carbons (Fsp3) is 0.250. The molecule has 4 amide bonds. The van der Waals surface area contributed by atoms with E-state index in [9.17, 15) is 14.4 Å². The third kappa shape index (κ3) is 5.62. The summed E-state index contributed by atoms with van der Waals surface area (Å²) in [5.41, 5.74) is 5.60. The van der Waals surface area contributed by atoms with Gasteiger partial charge in [-0.05, 0) is 43.2 Å². The minimum Gasteiger partial charge on any atom is -0.324 e. The minimum atomic E-state index is -0.569. The zero-order chi connectivity index (χ0) is 20.8. The first-order valence-corrected chi connectivity index (χ1v) is 9.86. The number of piperidine rings is 1. The number of rotatable bonds is 3. The summed E-state index contributed by atoms with van der Waals surface area (Å²) >= 11 is 11.9. The number of carbonyl (C=O) groups is 3. The largest absolute Gasteiger partial charge is 0.324 e. The van der Waals surface area contributed by atoms with Crippen molar-refractivity contribution in [1.29, 1.82) is 0 Å². The smallest absolute Gasteiger partial charge is 0.321 e. The van der Waals surface area contributed by atoms with Gasteiger partial charge >= 0.3 is 6.03 Å². The van der Waals surface area contributed by atoms with Crippen LogP contribution in [0.25, 0.3) is 0 Å². The van der Waals surface area contributed by atoms with E-state index in [0.717, 1.165) is 0 Å². The average Bonchev–Trinajstić information content (AvgIpc) is 2.74. The summed E-state index contributed by atoms with van der Waals surface area (Å²) < 4.78 is 0. The quantitative estimate of drug-likeness (QED) is 0.643. The lowest BCUT2D eigenvalue weighted by Crippen LogP contribution is -2.50. The van der Waals surface area contributed by atoms with E-state index in [1.54, 1.807) is 23.1 Å². The van der Waals surface area contributed by atoms with Gasteiger partial charge in [0.05, 0.1) is 16.5 Å². The van der Waals surface area contributed by atoms with Crippen LogP contribution in [0.2, 0.25) is 10.0 Å². The number of nitrogens with zero attached hydrogens (tertiary/aromatic N) is 1. The number of hydrazine groups is 1. The lowest BCUT2D eigenvalue weighted by atomic mass is 9.98. The second kappa shape index (κ2) is 9.62. The Bertz CT molecular complexity index is 908. The number of amides is 4. The zero-order valence-corrected chi connectivity index (χ0v) is 17.0. The first-order valence-electron chi connectivity index (χ1n) is 9.10. The molecule has 1 heterocycles. The Hall–Kier alpha value is -2.77. The SMILES string of the molecule is O=C(NNC(=O)C1CCCN(C(=O)Nc2ccccc2)C1)c1cc(Cl)ccc1Cl. The van der Waals surface area contributed by atoms with E-state index >= 15 is 0 Å². The molecule has 1 unspecified atom stereocenters. The maximum atomic E-state index is 12.5. The molecule has 1 aliphatic rings. The first-order chi connectivity index (χ1) is 13.9. The summed E-state index contributed by atoms with van der Waals surface area (Å²) in [6.07, 6.45) is 1.31. The molecule has 0 spiro atoms. The molecular weight excluding hydrogens is 415 g/mol. The molecular formula is C20H20Cl2N4O3. The first kappa shape index (κ1) is 21.0. The predicted octanol–water partition coefficient (Wildman–Crippen LogP) is 3.70. The van der Waals surface area contributed by atoms with Crippen molar-refractivity contribution in [2.75, 3.05) is 18.4 Å². The molecule has 2 aromatic carbocycles. The van der Waals surface area contributed by atoms with E-state index in [1.165, 1.54) is 12.1 Å². The van der Waals surface area contributed by atoms with Crippen LogP contribution in [-0.4, -0.2) is 35.8 Å². The molecule has 7 nitrogen and oxygen atoms in total. The molecule has 2 aromatic rings. The van der Waals surface area contributed by atoms with Gasteiger partial charge in [0.2, 0.25) is 5.91 Å². The molecule has 0 radical (unpaired) electrons. The van der Waals surface area contributed by atoms with Crippen molar-refractivity contribution in [2.24, 2.45) is 5.92 Å². The molecule has 3 rings (SSSR count). The van der Waals surface area contributed by atoms with E-state index in [1.807, 2.05) is 18.2 Å². The van der Waals surface area contributed by atoms with Gasteiger partial charge in [-0.1, -0.05) is 41.4 Å². The van der Waals surface area contributed by atoms with E-state index in [-0.39, 0.29) is 29.1 Å². The van der Waals surface area contributed by atoms with Crippen molar-refractivity contribution >= 4 is 46.7 Å². The Balaban J connectivity index is 1.53. The van der Waals surface area contributed by atoms with Gasteiger partial charge in [-0.25, -0.2) is 4.79 Å². The predicted molar refractivity (Wildman–Crippen MR) is 112 cm³/mol. The van der Waals surface area contributed by atoms with Crippen molar-refractivity contribution in [3.8, 4) is 0 Å². The molecule has 0 saturated carbocycles. The highest BCUT2D eigenvalue weighted by molar-refractivity contribution is 6.35. The van der Waals surface area contributed by atoms with Gasteiger partial charge in [-0.15, -0.1) is 0 Å². The molecule has 3 N–H and O–H groups in total. The number of nitrogens with one attached hydrogen (secondary N) is 3. The van der Waals surface area contributed by atoms with Crippen LogP contribution in [-0.2, 0) is 4.79 Å². The van der Waals surface area contributed by atoms with Crippen LogP contribution in [0.4, 0.5) is 10.5 Å². The summed E-state index contributed by atoms with van der Waals surface area (Å²) in [7, 11) is 0. The Labute approximate surface area is 178 Å². The van der Waals surface area contributed by atoms with E-state index in [0.29, 0.717) is 30.1 Å². The van der Waals surface area contributed by atoms with Crippen molar-refractivity contribution in [1.82, 2.24) is 15.8 Å². The number of urea groups is 1. The lowest BCUT2D eigenvalue weighted by molar-refractivity contribution is -0.127. The zero-order valence-electron chi connectivity index (χ0n) is 15.5. The number of hydrogen-bond donors (Lipinski definition) is 3. The fourth-order valence-corrected chi connectivity index (χ4v) is 3.43. The van der Waals surface area contributed by atoms with Crippen LogP contribution in [0.15, 0.2) is 48.5 Å². The molecule has 1 atom stereocenters. The second-order valence-corrected chi connectivity index (χ2v) is 7.49. The van der Waals surface area contributed by atoms with Gasteiger partial charge in [-0.3, -0.25) is 20.4 Å². The molecule has 9 heteroatoms. The summed E-state index contributed by atoms with van der Waals surface area (Å²) in [5.74, 6) is -1.37. The Morgan fingerprint density at radius 1 is 1.00 bits per heavy atom. The minimum absolute atomic E-state index is 0.159. The Kier molecular flexibility index (Phi) is 6.95. The fourth-order valence-electron chi connectivity index (χ4n) is 3.06. The maximum Gasteiger partial charge on any atom is 0.321 e. The molecule has 29 heavy (non-hydrogen) atoms. The van der Waals surface area contributed by atoms with Gasteiger partial charge in [0.1, 0.15) is 0 Å². The van der Waals surface area contributed by atoms with Crippen molar-refractivity contribution in [2.45, 2.75) is 12.8 Å². The van der Waals surface area contributed by atoms with E-state index in [4.69, 9.17) is 23.2 Å². The number of hydrogen-bond acceptors (Lipinski definition) is 3. The monoisotopic (exact) mass is 434 g/mol. The molecule has 152 valence electrons. The van der Waals surface area contributed by atoms with Gasteiger partial charge < -0.3 is 10.2 Å². The van der Waals surface area contributed by atoms with Crippen LogP contribution in [0, 0.1) is 5.92 Å². The van der Waals surface area contributed by atoms with Crippen LogP contribution in [0.5, 0.6) is 0 Å². The molecule has 1 fully saturated rings. The molecule has 0 aromatic heterocycles. The number of para-hydroxylation sites is 1. The highest BCUT2D eigenvalue weighted by Crippen LogP contribution is 2.21. The number of carbonyl (C=O) groups excluding carboxylic acids is 3. The van der Waals surface area contributed by atoms with Gasteiger partial charge in [0, 0.05) is 23.8 Å². The Morgan fingerprint density at radius 2 is 1.76 bits per heavy atom. The number of halogens is 2. The number of anilines is 1. The van der Waals surface area contributed by atoms with Crippen LogP contribution >= 0.6 is 23.2 Å². The normalized spacial score (nSPS) is 16.1. The Morgan fingerprint density at radius 3 is 2.52 bits per heavy atom. The third-order valence-corrected chi connectivity index (χ3v) is 5.14. The summed E-state index contributed by atoms with van der Waals surface area (Å²) in [6.45, 7) is 0.825. The second-order valence-electron chi connectivity index (χ2n) is 6.65. The van der Waals surface area contributed by atoms with Crippen molar-refractivity contribution in [3.05, 3.63) is 64.1 Å². The summed E-state index contributed by atoms with van der Waals surface area (Å²) in [5, 5.41) is 3.40. The van der Waals surface area contributed by atoms with Crippen molar-refractivity contribution in [3.63, 3.8) is 0 Å². The van der Waals surface area contributed by atoms with Gasteiger partial charge in [0.15, 0.2) is 0 Å². The number of benzene rings is 2. The summed E-state index contributed by atoms with van der Waals surface area (Å²) in [4.78, 5) is 38.7. The van der Waals surface area contributed by atoms with Crippen molar-refractivity contribution < 1.29 is 14.4 Å². The van der Waals surface area contributed by atoms with E-state index in [2.05, 4.69) is 16.2 Å². The van der Waals surface area contributed by atoms with Crippen LogP contribution < -0.4 is 16.2 Å². The average molecular weight is 435 g/mol. The standard InChI is InChI=1S/C20H20Cl2N4O3/c21-14-8-9-17(22)16(11-14)19(28)25-24-18(27)13-5-4-10-26(12-13)20(29)23-15-6-2-1-3-7-15/h1-3,6-9,11,13H,4-5,10,12H2,(H,23,29)(H,24,27)(H,25,28). The molecule has 1 aliphatic heterocycles. The third-order valence-electron chi connectivity index (χ3n) is 4.58. The molecule has 0 bridgehead atoms. The highest BCUT2D eigenvalue weighted by atomic mass is 35.5. The summed E-state index contributed by atoms with van der Waals surface area (Å²) in [6, 6.07) is 13.3. The topological polar surface area (TPSA) is 90.5 Å². The molecule has 0 aliphatic carbocycles. The van der Waals surface area contributed by atoms with Gasteiger partial charge in [-0.2, -0.15) is 0 Å². The maximum absolute atomic E-state index is 12.5. The molecule has 1 saturated heterocycles. The van der Waals surface area contributed by atoms with Gasteiger partial charge in [0.25, 0.3) is 5.91 Å². The highest BCUT2D eigenvalue weighted by Gasteiger charge is 2.29. The van der Waals surface area contributed by atoms with Crippen LogP contribution in [0.3, 0.4) is 0 Å². The van der Waals surface area contributed by atoms with Crippen LogP contribution in [0.1, 0.15) is 23.2 Å². The number of likely N-dealkylation sites (tertiary alicyclic amines) is 1. The van der Waals surface area contributed by atoms with E-state index < -0.39 is 11.8 Å².